The number of hydrogen-bond donors (Lipinski definition) is 1. The van der Waals surface area contributed by atoms with Crippen molar-refractivity contribution in [3.8, 4) is 0 Å². The van der Waals surface area contributed by atoms with Crippen molar-refractivity contribution < 1.29 is 9.53 Å². The maximum absolute atomic E-state index is 12.6. The van der Waals surface area contributed by atoms with Crippen molar-refractivity contribution in [2.45, 2.75) is 20.3 Å². The van der Waals surface area contributed by atoms with Crippen LogP contribution in [-0.2, 0) is 4.74 Å². The first-order chi connectivity index (χ1) is 11.6. The number of pyridine rings is 1. The maximum atomic E-state index is 12.6. The highest BCUT2D eigenvalue weighted by atomic mass is 79.9. The smallest absolute Gasteiger partial charge is 0.270 e. The molecule has 3 heterocycles. The summed E-state index contributed by atoms with van der Waals surface area (Å²) >= 11 is 3.52. The third-order valence-corrected chi connectivity index (χ3v) is 4.83. The Morgan fingerprint density at radius 2 is 2.12 bits per heavy atom. The van der Waals surface area contributed by atoms with Crippen molar-refractivity contribution in [2.24, 2.45) is 0 Å². The van der Waals surface area contributed by atoms with Crippen molar-refractivity contribution in [2.75, 3.05) is 39.4 Å². The summed E-state index contributed by atoms with van der Waals surface area (Å²) in [6.07, 6.45) is 2.88. The molecule has 3 rings (SSSR count). The maximum Gasteiger partial charge on any atom is 0.270 e. The van der Waals surface area contributed by atoms with Crippen LogP contribution in [0.15, 0.2) is 16.7 Å². The van der Waals surface area contributed by atoms with E-state index in [4.69, 9.17) is 4.74 Å². The van der Waals surface area contributed by atoms with Gasteiger partial charge in [0.05, 0.1) is 23.4 Å². The Labute approximate surface area is 150 Å². The summed E-state index contributed by atoms with van der Waals surface area (Å²) in [5, 5.41) is 3.02. The topological polar surface area (TPSA) is 58.9 Å². The number of nitrogens with zero attached hydrogens (tertiary/aromatic N) is 3. The van der Waals surface area contributed by atoms with Crippen LogP contribution in [0.2, 0.25) is 0 Å². The summed E-state index contributed by atoms with van der Waals surface area (Å²) in [7, 11) is 0. The number of ether oxygens (including phenoxy) is 1. The van der Waals surface area contributed by atoms with Crippen LogP contribution in [0.25, 0.3) is 5.65 Å². The van der Waals surface area contributed by atoms with Gasteiger partial charge in [0.2, 0.25) is 0 Å². The van der Waals surface area contributed by atoms with Gasteiger partial charge in [-0.2, -0.15) is 0 Å². The molecule has 1 amide bonds. The Hall–Kier alpha value is -1.44. The molecule has 1 fully saturated rings. The average Bonchev–Trinajstić information content (AvgIpc) is 2.89. The van der Waals surface area contributed by atoms with Crippen LogP contribution >= 0.6 is 15.9 Å². The lowest BCUT2D eigenvalue weighted by molar-refractivity contribution is 0.0374. The minimum Gasteiger partial charge on any atom is -0.379 e. The van der Waals surface area contributed by atoms with E-state index >= 15 is 0 Å². The average molecular weight is 395 g/mol. The fourth-order valence-electron chi connectivity index (χ4n) is 3.03. The summed E-state index contributed by atoms with van der Waals surface area (Å²) in [5.41, 5.74) is 3.21. The number of carbonyl (C=O) groups excluding carboxylic acids is 1. The zero-order valence-electron chi connectivity index (χ0n) is 14.1. The van der Waals surface area contributed by atoms with Gasteiger partial charge in [0.15, 0.2) is 5.65 Å². The van der Waals surface area contributed by atoms with Crippen molar-refractivity contribution in [3.05, 3.63) is 33.7 Å². The third-order valence-electron chi connectivity index (χ3n) is 4.24. The highest BCUT2D eigenvalue weighted by Gasteiger charge is 2.18. The number of morpholine rings is 1. The summed E-state index contributed by atoms with van der Waals surface area (Å²) in [4.78, 5) is 19.5. The largest absolute Gasteiger partial charge is 0.379 e. The first kappa shape index (κ1) is 17.4. The molecule has 0 aromatic carbocycles. The number of amides is 1. The summed E-state index contributed by atoms with van der Waals surface area (Å²) in [6.45, 7) is 9.10. The summed E-state index contributed by atoms with van der Waals surface area (Å²) in [5.74, 6) is -0.0699. The van der Waals surface area contributed by atoms with Crippen LogP contribution in [0, 0.1) is 13.8 Å². The predicted molar refractivity (Wildman–Crippen MR) is 96.6 cm³/mol. The van der Waals surface area contributed by atoms with Gasteiger partial charge in [-0.15, -0.1) is 0 Å². The molecule has 0 saturated carbocycles. The second-order valence-corrected chi connectivity index (χ2v) is 7.02. The van der Waals surface area contributed by atoms with Crippen molar-refractivity contribution in [1.82, 2.24) is 19.6 Å². The molecule has 1 N–H and O–H groups in total. The molecule has 2 aromatic heterocycles. The number of imidazole rings is 1. The lowest BCUT2D eigenvalue weighted by atomic mass is 10.3. The molecule has 0 unspecified atom stereocenters. The third kappa shape index (κ3) is 3.79. The number of carbonyl (C=O) groups is 1. The molecule has 130 valence electrons. The van der Waals surface area contributed by atoms with Gasteiger partial charge in [-0.1, -0.05) is 0 Å². The van der Waals surface area contributed by atoms with Gasteiger partial charge in [0.1, 0.15) is 5.69 Å². The van der Waals surface area contributed by atoms with Gasteiger partial charge in [-0.3, -0.25) is 14.1 Å². The summed E-state index contributed by atoms with van der Waals surface area (Å²) in [6, 6.07) is 2.01. The lowest BCUT2D eigenvalue weighted by Gasteiger charge is -2.26. The second-order valence-electron chi connectivity index (χ2n) is 6.17. The minimum absolute atomic E-state index is 0.0699. The minimum atomic E-state index is -0.0699. The normalized spacial score (nSPS) is 15.8. The zero-order chi connectivity index (χ0) is 17.1. The number of aryl methyl sites for hydroxylation is 2. The van der Waals surface area contributed by atoms with E-state index in [1.165, 1.54) is 0 Å². The molecule has 0 aliphatic carbocycles. The molecule has 1 saturated heterocycles. The van der Waals surface area contributed by atoms with Crippen molar-refractivity contribution in [1.29, 1.82) is 0 Å². The monoisotopic (exact) mass is 394 g/mol. The molecule has 6 nitrogen and oxygen atoms in total. The number of rotatable bonds is 5. The second kappa shape index (κ2) is 7.63. The van der Waals surface area contributed by atoms with E-state index in [0.717, 1.165) is 60.6 Å². The Balaban J connectivity index is 1.62. The predicted octanol–water partition coefficient (Wildman–Crippen LogP) is 2.17. The van der Waals surface area contributed by atoms with E-state index in [2.05, 4.69) is 31.1 Å². The van der Waals surface area contributed by atoms with E-state index in [9.17, 15) is 4.79 Å². The van der Waals surface area contributed by atoms with Crippen LogP contribution in [-0.4, -0.2) is 59.6 Å². The molecule has 1 aliphatic heterocycles. The molecule has 0 radical (unpaired) electrons. The van der Waals surface area contributed by atoms with E-state index in [1.54, 1.807) is 0 Å². The molecule has 0 atom stereocenters. The van der Waals surface area contributed by atoms with E-state index < -0.39 is 0 Å². The fraction of sp³-hybridized carbons (Fsp3) is 0.529. The Kier molecular flexibility index (Phi) is 5.53. The van der Waals surface area contributed by atoms with E-state index in [0.29, 0.717) is 12.2 Å². The molecule has 0 spiro atoms. The standard InChI is InChI=1S/C17H23BrN4O2/c1-12-10-14(18)16-20-13(2)15(22(16)11-12)17(23)19-4-3-5-21-6-8-24-9-7-21/h10-11H,3-9H2,1-2H3,(H,19,23). The highest BCUT2D eigenvalue weighted by molar-refractivity contribution is 9.10. The van der Waals surface area contributed by atoms with Gasteiger partial charge in [0, 0.05) is 25.8 Å². The lowest BCUT2D eigenvalue weighted by Crippen LogP contribution is -2.38. The number of nitrogens with one attached hydrogen (secondary N) is 1. The van der Waals surface area contributed by atoms with Crippen LogP contribution in [0.5, 0.6) is 0 Å². The van der Waals surface area contributed by atoms with E-state index in [-0.39, 0.29) is 5.91 Å². The molecule has 0 bridgehead atoms. The van der Waals surface area contributed by atoms with Gasteiger partial charge >= 0.3 is 0 Å². The van der Waals surface area contributed by atoms with E-state index in [1.807, 2.05) is 30.5 Å². The molecular formula is C17H23BrN4O2. The molecule has 7 heteroatoms. The van der Waals surface area contributed by atoms with Gasteiger partial charge in [-0.05, 0) is 54.4 Å². The van der Waals surface area contributed by atoms with Crippen LogP contribution in [0.4, 0.5) is 0 Å². The molecule has 2 aromatic rings. The molecule has 1 aliphatic rings. The Bertz CT molecular complexity index is 738. The first-order valence-electron chi connectivity index (χ1n) is 8.29. The number of halogens is 1. The van der Waals surface area contributed by atoms with Gasteiger partial charge in [0.25, 0.3) is 5.91 Å². The van der Waals surface area contributed by atoms with Crippen molar-refractivity contribution >= 4 is 27.5 Å². The van der Waals surface area contributed by atoms with Crippen molar-refractivity contribution in [3.63, 3.8) is 0 Å². The van der Waals surface area contributed by atoms with Gasteiger partial charge in [-0.25, -0.2) is 4.98 Å². The van der Waals surface area contributed by atoms with Gasteiger partial charge < -0.3 is 10.1 Å². The number of hydrogen-bond acceptors (Lipinski definition) is 4. The number of aromatic nitrogens is 2. The van der Waals surface area contributed by atoms with Crippen LogP contribution in [0.3, 0.4) is 0 Å². The number of fused-ring (bicyclic) bond motifs is 1. The Morgan fingerprint density at radius 3 is 2.88 bits per heavy atom. The summed E-state index contributed by atoms with van der Waals surface area (Å²) < 4.78 is 8.11. The SMILES string of the molecule is Cc1cc(Br)c2nc(C)c(C(=O)NCCCN3CCOCC3)n2c1. The molecular weight excluding hydrogens is 372 g/mol. The zero-order valence-corrected chi connectivity index (χ0v) is 15.7. The molecule has 24 heavy (non-hydrogen) atoms. The first-order valence-corrected chi connectivity index (χ1v) is 9.08. The van der Waals surface area contributed by atoms with Crippen LogP contribution < -0.4 is 5.32 Å². The Morgan fingerprint density at radius 1 is 1.38 bits per heavy atom. The van der Waals surface area contributed by atoms with Crippen LogP contribution in [0.1, 0.15) is 28.2 Å². The highest BCUT2D eigenvalue weighted by Crippen LogP contribution is 2.22. The fourth-order valence-corrected chi connectivity index (χ4v) is 3.67. The quantitative estimate of drug-likeness (QED) is 0.789.